The Morgan fingerprint density at radius 2 is 1.53 bits per heavy atom. The molecular weight excluding hydrogens is 230 g/mol. The first-order valence-corrected chi connectivity index (χ1v) is 6.74. The second-order valence-electron chi connectivity index (χ2n) is 5.18. The fourth-order valence-corrected chi connectivity index (χ4v) is 2.66. The van der Waals surface area contributed by atoms with Crippen LogP contribution in [-0.2, 0) is 0 Å². The molecule has 98 valence electrons. The zero-order valence-corrected chi connectivity index (χ0v) is 12.1. The zero-order valence-electron chi connectivity index (χ0n) is 12.1. The van der Waals surface area contributed by atoms with Crippen LogP contribution in [0, 0.1) is 20.8 Å². The average Bonchev–Trinajstić information content (AvgIpc) is 2.36. The molecule has 2 rings (SSSR count). The molecule has 2 aromatic carbocycles. The summed E-state index contributed by atoms with van der Waals surface area (Å²) in [6.07, 6.45) is 1.96. The Morgan fingerprint density at radius 1 is 0.947 bits per heavy atom. The third-order valence-corrected chi connectivity index (χ3v) is 3.40. The molecule has 0 radical (unpaired) electrons. The fraction of sp³-hybridized carbons (Fsp3) is 0.278. The molecule has 1 heteroatoms. The van der Waals surface area contributed by atoms with E-state index in [2.05, 4.69) is 52.0 Å². The minimum Gasteiger partial charge on any atom is -0.285 e. The third-order valence-electron chi connectivity index (χ3n) is 3.40. The summed E-state index contributed by atoms with van der Waals surface area (Å²) < 4.78 is 0. The van der Waals surface area contributed by atoms with Gasteiger partial charge in [-0.1, -0.05) is 48.0 Å². The molecule has 0 amide bonds. The lowest BCUT2D eigenvalue weighted by atomic mass is 9.95. The minimum absolute atomic E-state index is 0.195. The molecule has 0 saturated carbocycles. The monoisotopic (exact) mass is 251 g/mol. The van der Waals surface area contributed by atoms with Crippen molar-refractivity contribution in [3.8, 4) is 0 Å². The van der Waals surface area contributed by atoms with Crippen LogP contribution in [0.2, 0.25) is 0 Å². The smallest absolute Gasteiger partial charge is 0.0726 e. The molecule has 0 bridgehead atoms. The van der Waals surface area contributed by atoms with Crippen molar-refractivity contribution in [2.45, 2.75) is 33.7 Å². The molecule has 0 saturated heterocycles. The number of nitrogens with zero attached hydrogens (tertiary/aromatic N) is 1. The van der Waals surface area contributed by atoms with Gasteiger partial charge in [0.2, 0.25) is 0 Å². The zero-order chi connectivity index (χ0) is 13.8. The van der Waals surface area contributed by atoms with Crippen LogP contribution in [0.25, 0.3) is 0 Å². The number of aryl methyl sites for hydroxylation is 3. The van der Waals surface area contributed by atoms with Crippen molar-refractivity contribution in [3.63, 3.8) is 0 Å². The van der Waals surface area contributed by atoms with Crippen molar-refractivity contribution >= 4 is 6.21 Å². The maximum atomic E-state index is 4.69. The molecule has 0 aromatic heterocycles. The fourth-order valence-electron chi connectivity index (χ4n) is 2.66. The van der Waals surface area contributed by atoms with E-state index < -0.39 is 0 Å². The molecule has 0 aliphatic heterocycles. The van der Waals surface area contributed by atoms with E-state index >= 15 is 0 Å². The number of aliphatic imine (C=N–C) groups is 1. The van der Waals surface area contributed by atoms with Crippen LogP contribution in [0.3, 0.4) is 0 Å². The summed E-state index contributed by atoms with van der Waals surface area (Å²) in [7, 11) is 0. The van der Waals surface area contributed by atoms with Crippen molar-refractivity contribution in [2.75, 3.05) is 0 Å². The lowest BCUT2D eigenvalue weighted by Gasteiger charge is -2.15. The van der Waals surface area contributed by atoms with Gasteiger partial charge in [0.05, 0.1) is 6.04 Å². The quantitative estimate of drug-likeness (QED) is 0.695. The Kier molecular flexibility index (Phi) is 4.16. The van der Waals surface area contributed by atoms with Gasteiger partial charge in [-0.3, -0.25) is 4.99 Å². The largest absolute Gasteiger partial charge is 0.285 e. The number of rotatable bonds is 3. The van der Waals surface area contributed by atoms with Gasteiger partial charge in [0, 0.05) is 6.21 Å². The second kappa shape index (κ2) is 5.83. The van der Waals surface area contributed by atoms with Crippen LogP contribution < -0.4 is 0 Å². The maximum absolute atomic E-state index is 4.69. The van der Waals surface area contributed by atoms with Crippen molar-refractivity contribution < 1.29 is 0 Å². The van der Waals surface area contributed by atoms with Gasteiger partial charge in [0.25, 0.3) is 0 Å². The van der Waals surface area contributed by atoms with E-state index in [0.29, 0.717) is 0 Å². The van der Waals surface area contributed by atoms with Gasteiger partial charge in [-0.25, -0.2) is 0 Å². The molecule has 0 N–H and O–H groups in total. The molecule has 0 spiro atoms. The van der Waals surface area contributed by atoms with E-state index in [1.54, 1.807) is 0 Å². The van der Waals surface area contributed by atoms with Crippen LogP contribution in [0.1, 0.15) is 40.8 Å². The maximum Gasteiger partial charge on any atom is 0.0726 e. The minimum atomic E-state index is 0.195. The Labute approximate surface area is 116 Å². The van der Waals surface area contributed by atoms with Gasteiger partial charge in [-0.05, 0) is 49.9 Å². The highest BCUT2D eigenvalue weighted by Crippen LogP contribution is 2.25. The van der Waals surface area contributed by atoms with Crippen LogP contribution in [0.15, 0.2) is 47.5 Å². The highest BCUT2D eigenvalue weighted by molar-refractivity contribution is 5.79. The first-order valence-electron chi connectivity index (χ1n) is 6.74. The molecule has 1 unspecified atom stereocenters. The van der Waals surface area contributed by atoms with Gasteiger partial charge in [0.15, 0.2) is 0 Å². The first-order chi connectivity index (χ1) is 9.08. The third kappa shape index (κ3) is 3.31. The first kappa shape index (κ1) is 13.5. The van der Waals surface area contributed by atoms with E-state index in [1.165, 1.54) is 22.3 Å². The van der Waals surface area contributed by atoms with Gasteiger partial charge in [-0.2, -0.15) is 0 Å². The molecule has 1 atom stereocenters. The number of benzene rings is 2. The summed E-state index contributed by atoms with van der Waals surface area (Å²) in [5, 5.41) is 0. The summed E-state index contributed by atoms with van der Waals surface area (Å²) in [4.78, 5) is 4.69. The predicted octanol–water partition coefficient (Wildman–Crippen LogP) is 4.79. The normalized spacial score (nSPS) is 12.8. The van der Waals surface area contributed by atoms with Crippen molar-refractivity contribution in [1.29, 1.82) is 0 Å². The van der Waals surface area contributed by atoms with Crippen LogP contribution >= 0.6 is 0 Å². The molecule has 0 aliphatic rings. The van der Waals surface area contributed by atoms with E-state index in [0.717, 1.165) is 5.56 Å². The van der Waals surface area contributed by atoms with E-state index in [-0.39, 0.29) is 6.04 Å². The summed E-state index contributed by atoms with van der Waals surface area (Å²) >= 11 is 0. The molecule has 0 fully saturated rings. The average molecular weight is 251 g/mol. The Hall–Kier alpha value is -1.89. The molecule has 2 aromatic rings. The SMILES string of the molecule is Cc1cc(C)c(C(C)N=Cc2ccccc2)c(C)c1. The van der Waals surface area contributed by atoms with Crippen LogP contribution in [0.5, 0.6) is 0 Å². The summed E-state index contributed by atoms with van der Waals surface area (Å²) in [5.74, 6) is 0. The van der Waals surface area contributed by atoms with E-state index in [4.69, 9.17) is 4.99 Å². The molecule has 0 heterocycles. The summed E-state index contributed by atoms with van der Waals surface area (Å²) in [6, 6.07) is 14.9. The van der Waals surface area contributed by atoms with Crippen molar-refractivity contribution in [1.82, 2.24) is 0 Å². The highest BCUT2D eigenvalue weighted by atomic mass is 14.8. The number of hydrogen-bond donors (Lipinski definition) is 0. The van der Waals surface area contributed by atoms with Crippen LogP contribution in [0.4, 0.5) is 0 Å². The molecule has 19 heavy (non-hydrogen) atoms. The van der Waals surface area contributed by atoms with E-state index in [9.17, 15) is 0 Å². The van der Waals surface area contributed by atoms with Gasteiger partial charge in [-0.15, -0.1) is 0 Å². The highest BCUT2D eigenvalue weighted by Gasteiger charge is 2.10. The second-order valence-corrected chi connectivity index (χ2v) is 5.18. The lowest BCUT2D eigenvalue weighted by Crippen LogP contribution is -1.99. The molecule has 1 nitrogen and oxygen atoms in total. The van der Waals surface area contributed by atoms with E-state index in [1.807, 2.05) is 24.4 Å². The van der Waals surface area contributed by atoms with Crippen molar-refractivity contribution in [2.24, 2.45) is 4.99 Å². The topological polar surface area (TPSA) is 12.4 Å². The summed E-state index contributed by atoms with van der Waals surface area (Å²) in [5.41, 5.74) is 6.47. The van der Waals surface area contributed by atoms with Gasteiger partial charge < -0.3 is 0 Å². The molecular formula is C18H21N. The Bertz CT molecular complexity index is 559. The van der Waals surface area contributed by atoms with Crippen LogP contribution in [-0.4, -0.2) is 6.21 Å². The molecule has 0 aliphatic carbocycles. The Morgan fingerprint density at radius 3 is 2.11 bits per heavy atom. The van der Waals surface area contributed by atoms with Crippen molar-refractivity contribution in [3.05, 3.63) is 70.3 Å². The lowest BCUT2D eigenvalue weighted by molar-refractivity contribution is 0.807. The number of hydrogen-bond acceptors (Lipinski definition) is 1. The predicted molar refractivity (Wildman–Crippen MR) is 83.1 cm³/mol. The Balaban J connectivity index is 2.26. The summed E-state index contributed by atoms with van der Waals surface area (Å²) in [6.45, 7) is 8.64. The van der Waals surface area contributed by atoms with Gasteiger partial charge in [0.1, 0.15) is 0 Å². The standard InChI is InChI=1S/C18H21N/c1-13-10-14(2)18(15(3)11-13)16(4)19-12-17-8-6-5-7-9-17/h5-12,16H,1-4H3. The van der Waals surface area contributed by atoms with Gasteiger partial charge >= 0.3 is 0 Å².